The van der Waals surface area contributed by atoms with Crippen LogP contribution >= 0.6 is 0 Å². The minimum absolute atomic E-state index is 0.595. The van der Waals surface area contributed by atoms with Crippen molar-refractivity contribution in [2.45, 2.75) is 84.6 Å². The molecule has 0 spiro atoms. The Bertz CT molecular complexity index is 668. The second-order valence-corrected chi connectivity index (χ2v) is 11.6. The molecular formula is C28H43N. The maximum absolute atomic E-state index is 3.85. The van der Waals surface area contributed by atoms with Crippen molar-refractivity contribution >= 4 is 0 Å². The molecule has 1 aromatic rings. The van der Waals surface area contributed by atoms with E-state index in [-0.39, 0.29) is 0 Å². The lowest BCUT2D eigenvalue weighted by molar-refractivity contribution is -0.109. The Labute approximate surface area is 179 Å². The second-order valence-electron chi connectivity index (χ2n) is 11.6. The Balaban J connectivity index is 1.25. The largest absolute Gasteiger partial charge is 0.312 e. The summed E-state index contributed by atoms with van der Waals surface area (Å²) in [5.41, 5.74) is 2.02. The molecular weight excluding hydrogens is 350 g/mol. The smallest absolute Gasteiger partial charge is 0.0205 e. The van der Waals surface area contributed by atoms with Gasteiger partial charge in [0.1, 0.15) is 0 Å². The summed E-state index contributed by atoms with van der Waals surface area (Å²) in [6.07, 6.45) is 15.2. The predicted molar refractivity (Wildman–Crippen MR) is 123 cm³/mol. The normalized spacial score (nSPS) is 44.4. The van der Waals surface area contributed by atoms with Crippen molar-refractivity contribution in [3.8, 4) is 0 Å². The van der Waals surface area contributed by atoms with Crippen molar-refractivity contribution in [2.75, 3.05) is 6.54 Å². The third-order valence-corrected chi connectivity index (χ3v) is 10.2. The van der Waals surface area contributed by atoms with E-state index >= 15 is 0 Å². The van der Waals surface area contributed by atoms with E-state index in [0.717, 1.165) is 48.0 Å². The van der Waals surface area contributed by atoms with E-state index in [1.165, 1.54) is 44.2 Å². The first-order valence-electron chi connectivity index (χ1n) is 12.9. The van der Waals surface area contributed by atoms with Gasteiger partial charge in [-0.05, 0) is 110 Å². The van der Waals surface area contributed by atoms with Gasteiger partial charge in [-0.2, -0.15) is 0 Å². The van der Waals surface area contributed by atoms with Crippen molar-refractivity contribution in [2.24, 2.45) is 46.8 Å². The third-order valence-electron chi connectivity index (χ3n) is 10.2. The molecule has 1 aromatic carbocycles. The van der Waals surface area contributed by atoms with Crippen LogP contribution in [0.3, 0.4) is 0 Å². The van der Waals surface area contributed by atoms with Crippen molar-refractivity contribution < 1.29 is 0 Å². The van der Waals surface area contributed by atoms with E-state index in [9.17, 15) is 0 Å². The molecule has 4 saturated carbocycles. The highest BCUT2D eigenvalue weighted by molar-refractivity contribution is 5.14. The Morgan fingerprint density at radius 1 is 0.897 bits per heavy atom. The summed E-state index contributed by atoms with van der Waals surface area (Å²) in [6, 6.07) is 11.0. The van der Waals surface area contributed by atoms with Crippen LogP contribution in [-0.2, 0) is 6.54 Å². The van der Waals surface area contributed by atoms with E-state index in [0.29, 0.717) is 5.41 Å². The highest BCUT2D eigenvalue weighted by Gasteiger charge is 2.55. The molecule has 0 radical (unpaired) electrons. The van der Waals surface area contributed by atoms with E-state index in [1.54, 1.807) is 32.1 Å². The number of hydrogen-bond donors (Lipinski definition) is 1. The van der Waals surface area contributed by atoms with Crippen LogP contribution < -0.4 is 5.32 Å². The summed E-state index contributed by atoms with van der Waals surface area (Å²) in [4.78, 5) is 0. The standard InChI is InChI=1S/C28H43N/c1-20-11-13-24-22(17-20)12-14-26-25(24)15-16-28(2)23(9-6-10-27(26)28)19-29-18-21-7-4-3-5-8-21/h3-5,7-8,20,22-27,29H,6,9-19H2,1-2H3. The maximum Gasteiger partial charge on any atom is 0.0205 e. The highest BCUT2D eigenvalue weighted by Crippen LogP contribution is 2.62. The summed E-state index contributed by atoms with van der Waals surface area (Å²) >= 11 is 0. The molecule has 4 fully saturated rings. The summed E-state index contributed by atoms with van der Waals surface area (Å²) < 4.78 is 0. The topological polar surface area (TPSA) is 12.0 Å². The molecule has 1 heteroatoms. The molecule has 8 atom stereocenters. The average Bonchev–Trinajstić information content (AvgIpc) is 2.74. The Kier molecular flexibility index (Phi) is 5.80. The molecule has 1 N–H and O–H groups in total. The number of nitrogens with one attached hydrogen (secondary N) is 1. The predicted octanol–water partition coefficient (Wildman–Crippen LogP) is 7.07. The number of rotatable bonds is 4. The Hall–Kier alpha value is -0.820. The van der Waals surface area contributed by atoms with E-state index in [4.69, 9.17) is 0 Å². The van der Waals surface area contributed by atoms with Crippen LogP contribution in [0, 0.1) is 46.8 Å². The molecule has 5 rings (SSSR count). The van der Waals surface area contributed by atoms with Crippen LogP contribution in [0.1, 0.15) is 83.6 Å². The van der Waals surface area contributed by atoms with Gasteiger partial charge in [-0.3, -0.25) is 0 Å². The van der Waals surface area contributed by atoms with Gasteiger partial charge in [-0.25, -0.2) is 0 Å². The fourth-order valence-corrected chi connectivity index (χ4v) is 8.72. The quantitative estimate of drug-likeness (QED) is 0.577. The van der Waals surface area contributed by atoms with E-state index in [2.05, 4.69) is 49.5 Å². The van der Waals surface area contributed by atoms with Crippen LogP contribution in [0.2, 0.25) is 0 Å². The van der Waals surface area contributed by atoms with Crippen LogP contribution in [0.4, 0.5) is 0 Å². The fourth-order valence-electron chi connectivity index (χ4n) is 8.72. The number of hydrogen-bond acceptors (Lipinski definition) is 1. The van der Waals surface area contributed by atoms with Crippen molar-refractivity contribution in [3.05, 3.63) is 35.9 Å². The van der Waals surface area contributed by atoms with E-state index < -0.39 is 0 Å². The lowest BCUT2D eigenvalue weighted by Gasteiger charge is -2.60. The van der Waals surface area contributed by atoms with Crippen LogP contribution in [0.15, 0.2) is 30.3 Å². The van der Waals surface area contributed by atoms with Gasteiger partial charge in [0, 0.05) is 6.54 Å². The van der Waals surface area contributed by atoms with E-state index in [1.807, 2.05) is 0 Å². The molecule has 0 heterocycles. The lowest BCUT2D eigenvalue weighted by atomic mass is 9.45. The summed E-state index contributed by atoms with van der Waals surface area (Å²) in [7, 11) is 0. The third kappa shape index (κ3) is 3.82. The molecule has 0 bridgehead atoms. The zero-order valence-electron chi connectivity index (χ0n) is 18.9. The molecule has 4 aliphatic rings. The minimum Gasteiger partial charge on any atom is -0.312 e. The van der Waals surface area contributed by atoms with Gasteiger partial charge in [-0.15, -0.1) is 0 Å². The zero-order valence-corrected chi connectivity index (χ0v) is 18.9. The van der Waals surface area contributed by atoms with Gasteiger partial charge >= 0.3 is 0 Å². The first-order chi connectivity index (χ1) is 14.1. The van der Waals surface area contributed by atoms with Gasteiger partial charge in [-0.1, -0.05) is 57.0 Å². The molecule has 0 aromatic heterocycles. The van der Waals surface area contributed by atoms with Crippen molar-refractivity contribution in [1.29, 1.82) is 0 Å². The van der Waals surface area contributed by atoms with Crippen LogP contribution in [0.25, 0.3) is 0 Å². The van der Waals surface area contributed by atoms with Crippen LogP contribution in [0.5, 0.6) is 0 Å². The first kappa shape index (κ1) is 20.1. The number of benzene rings is 1. The van der Waals surface area contributed by atoms with Crippen molar-refractivity contribution in [1.82, 2.24) is 5.32 Å². The minimum atomic E-state index is 0.595. The second kappa shape index (κ2) is 8.37. The number of fused-ring (bicyclic) bond motifs is 5. The maximum atomic E-state index is 3.85. The SMILES string of the molecule is CC1CCC2C(CCC3C2CCC2(C)C(CNCc4ccccc4)CCCC32)C1. The van der Waals surface area contributed by atoms with Crippen molar-refractivity contribution in [3.63, 3.8) is 0 Å². The summed E-state index contributed by atoms with van der Waals surface area (Å²) in [5, 5.41) is 3.85. The molecule has 0 aliphatic heterocycles. The molecule has 1 nitrogen and oxygen atoms in total. The monoisotopic (exact) mass is 393 g/mol. The molecule has 0 saturated heterocycles. The Morgan fingerprint density at radius 2 is 1.72 bits per heavy atom. The van der Waals surface area contributed by atoms with Crippen LogP contribution in [-0.4, -0.2) is 6.54 Å². The van der Waals surface area contributed by atoms with Gasteiger partial charge < -0.3 is 5.32 Å². The fraction of sp³-hybridized carbons (Fsp3) is 0.786. The molecule has 29 heavy (non-hydrogen) atoms. The average molecular weight is 394 g/mol. The first-order valence-corrected chi connectivity index (χ1v) is 12.9. The van der Waals surface area contributed by atoms with Gasteiger partial charge in [0.15, 0.2) is 0 Å². The molecule has 8 unspecified atom stereocenters. The lowest BCUT2D eigenvalue weighted by Crippen LogP contribution is -2.54. The zero-order chi connectivity index (χ0) is 19.8. The Morgan fingerprint density at radius 3 is 2.59 bits per heavy atom. The molecule has 4 aliphatic carbocycles. The summed E-state index contributed by atoms with van der Waals surface area (Å²) in [6.45, 7) is 7.47. The van der Waals surface area contributed by atoms with Gasteiger partial charge in [0.05, 0.1) is 0 Å². The molecule has 0 amide bonds. The van der Waals surface area contributed by atoms with Gasteiger partial charge in [0.2, 0.25) is 0 Å². The molecule has 160 valence electrons. The summed E-state index contributed by atoms with van der Waals surface area (Å²) in [5.74, 6) is 7.20. The van der Waals surface area contributed by atoms with Gasteiger partial charge in [0.25, 0.3) is 0 Å². The highest BCUT2D eigenvalue weighted by atomic mass is 14.9.